The first-order chi connectivity index (χ1) is 16.0. The second kappa shape index (κ2) is 8.09. The molecule has 2 aliphatic rings. The van der Waals surface area contributed by atoms with Gasteiger partial charge in [0.25, 0.3) is 11.7 Å². The number of carbonyl (C=O) groups excluding carboxylic acids is 2. The van der Waals surface area contributed by atoms with Crippen LogP contribution < -0.4 is 14.5 Å². The van der Waals surface area contributed by atoms with E-state index in [1.54, 1.807) is 48.8 Å². The van der Waals surface area contributed by atoms with Gasteiger partial charge in [-0.05, 0) is 54.4 Å². The zero-order valence-corrected chi connectivity index (χ0v) is 18.4. The number of ether oxygens (including phenoxy) is 1. The van der Waals surface area contributed by atoms with Crippen LogP contribution >= 0.6 is 0 Å². The van der Waals surface area contributed by atoms with Crippen LogP contribution in [0.2, 0.25) is 0 Å². The normalized spacial score (nSPS) is 19.4. The molecule has 2 aromatic carbocycles. The smallest absolute Gasteiger partial charge is 0.300 e. The molecular formula is C26H23N3O4. The van der Waals surface area contributed by atoms with Crippen LogP contribution in [0.15, 0.2) is 72.6 Å². The minimum Gasteiger partial charge on any atom is -0.507 e. The Bertz CT molecular complexity index is 1290. The van der Waals surface area contributed by atoms with Gasteiger partial charge in [0.05, 0.1) is 23.8 Å². The van der Waals surface area contributed by atoms with E-state index in [9.17, 15) is 14.7 Å². The maximum absolute atomic E-state index is 13.3. The van der Waals surface area contributed by atoms with Gasteiger partial charge in [0.15, 0.2) is 0 Å². The van der Waals surface area contributed by atoms with Gasteiger partial charge in [0, 0.05) is 30.7 Å². The Hall–Kier alpha value is -4.13. The Balaban J connectivity index is 1.71. The number of ketones is 1. The molecule has 0 spiro atoms. The summed E-state index contributed by atoms with van der Waals surface area (Å²) in [5.41, 5.74) is 3.48. The fourth-order valence-corrected chi connectivity index (χ4v) is 4.43. The molecule has 1 N–H and O–H groups in total. The molecule has 166 valence electrons. The molecular weight excluding hydrogens is 418 g/mol. The van der Waals surface area contributed by atoms with Crippen molar-refractivity contribution < 1.29 is 19.4 Å². The van der Waals surface area contributed by atoms with Crippen molar-refractivity contribution in [1.82, 2.24) is 4.98 Å². The number of para-hydroxylation sites is 1. The van der Waals surface area contributed by atoms with Crippen LogP contribution in [0, 0.1) is 6.92 Å². The Morgan fingerprint density at radius 1 is 1.06 bits per heavy atom. The second-order valence-corrected chi connectivity index (χ2v) is 8.19. The van der Waals surface area contributed by atoms with Crippen LogP contribution in [0.25, 0.3) is 5.76 Å². The number of anilines is 2. The summed E-state index contributed by atoms with van der Waals surface area (Å²) < 4.78 is 5.70. The predicted molar refractivity (Wildman–Crippen MR) is 125 cm³/mol. The quantitative estimate of drug-likeness (QED) is 0.378. The van der Waals surface area contributed by atoms with Gasteiger partial charge in [0.1, 0.15) is 18.1 Å². The molecule has 0 radical (unpaired) electrons. The molecule has 3 aromatic rings. The Labute approximate surface area is 191 Å². The van der Waals surface area contributed by atoms with E-state index >= 15 is 0 Å². The van der Waals surface area contributed by atoms with Crippen LogP contribution in [0.4, 0.5) is 11.4 Å². The number of likely N-dealkylation sites (N-methyl/N-ethyl adjacent to an activating group) is 1. The average Bonchev–Trinajstić information content (AvgIpc) is 3.10. The standard InChI is InChI=1S/C26H23N3O4/c1-16-5-3-4-6-19(16)29-23(17-9-11-27-12-10-17)22(25(31)26(29)32)24(30)18-7-8-21-20(15-18)28(2)13-14-33-21/h3-12,15,23,30H,13-14H2,1-2H3/b24-22-. The summed E-state index contributed by atoms with van der Waals surface area (Å²) in [6.45, 7) is 3.18. The third-order valence-electron chi connectivity index (χ3n) is 6.17. The summed E-state index contributed by atoms with van der Waals surface area (Å²) in [5, 5.41) is 11.4. The van der Waals surface area contributed by atoms with E-state index < -0.39 is 17.7 Å². The van der Waals surface area contributed by atoms with Gasteiger partial charge in [-0.1, -0.05) is 18.2 Å². The van der Waals surface area contributed by atoms with Crippen molar-refractivity contribution in [3.05, 3.63) is 89.3 Å². The monoisotopic (exact) mass is 441 g/mol. The van der Waals surface area contributed by atoms with Crippen LogP contribution in [0.1, 0.15) is 22.7 Å². The number of fused-ring (bicyclic) bond motifs is 1. The first kappa shape index (κ1) is 20.8. The predicted octanol–water partition coefficient (Wildman–Crippen LogP) is 3.84. The molecule has 33 heavy (non-hydrogen) atoms. The van der Waals surface area contributed by atoms with Gasteiger partial charge >= 0.3 is 0 Å². The Morgan fingerprint density at radius 2 is 1.82 bits per heavy atom. The summed E-state index contributed by atoms with van der Waals surface area (Å²) in [6.07, 6.45) is 3.22. The summed E-state index contributed by atoms with van der Waals surface area (Å²) >= 11 is 0. The minimum absolute atomic E-state index is 0.0498. The first-order valence-corrected chi connectivity index (χ1v) is 10.7. The molecule has 3 heterocycles. The second-order valence-electron chi connectivity index (χ2n) is 8.19. The zero-order chi connectivity index (χ0) is 23.1. The van der Waals surface area contributed by atoms with E-state index in [0.717, 1.165) is 11.3 Å². The van der Waals surface area contributed by atoms with Crippen LogP contribution in [0.3, 0.4) is 0 Å². The molecule has 7 nitrogen and oxygen atoms in total. The molecule has 0 aliphatic carbocycles. The third-order valence-corrected chi connectivity index (χ3v) is 6.17. The maximum Gasteiger partial charge on any atom is 0.300 e. The Kier molecular flexibility index (Phi) is 5.09. The molecule has 0 bridgehead atoms. The van der Waals surface area contributed by atoms with E-state index in [1.165, 1.54) is 4.90 Å². The molecule has 2 aliphatic heterocycles. The molecule has 5 rings (SSSR count). The van der Waals surface area contributed by atoms with E-state index in [2.05, 4.69) is 4.98 Å². The fourth-order valence-electron chi connectivity index (χ4n) is 4.43. The SMILES string of the molecule is Cc1ccccc1N1C(=O)C(=O)/C(=C(\O)c2ccc3c(c2)N(C)CCO3)C1c1ccncc1. The molecule has 1 aromatic heterocycles. The third kappa shape index (κ3) is 3.42. The molecule has 1 unspecified atom stereocenters. The van der Waals surface area contributed by atoms with E-state index in [1.807, 2.05) is 37.1 Å². The highest BCUT2D eigenvalue weighted by molar-refractivity contribution is 6.51. The minimum atomic E-state index is -0.779. The number of aliphatic hydroxyl groups is 1. The molecule has 1 fully saturated rings. The summed E-state index contributed by atoms with van der Waals surface area (Å²) in [6, 6.07) is 15.4. The number of benzene rings is 2. The van der Waals surface area contributed by atoms with Crippen LogP contribution in [0.5, 0.6) is 5.75 Å². The highest BCUT2D eigenvalue weighted by atomic mass is 16.5. The van der Waals surface area contributed by atoms with Crippen molar-refractivity contribution in [1.29, 1.82) is 0 Å². The summed E-state index contributed by atoms with van der Waals surface area (Å²) in [5.74, 6) is -0.898. The van der Waals surface area contributed by atoms with Crippen molar-refractivity contribution in [2.75, 3.05) is 30.0 Å². The fraction of sp³-hybridized carbons (Fsp3) is 0.192. The number of aryl methyl sites for hydroxylation is 1. The molecule has 1 amide bonds. The maximum atomic E-state index is 13.3. The van der Waals surface area contributed by atoms with Gasteiger partial charge in [-0.25, -0.2) is 0 Å². The highest BCUT2D eigenvalue weighted by Crippen LogP contribution is 2.43. The summed E-state index contributed by atoms with van der Waals surface area (Å²) in [4.78, 5) is 34.1. The molecule has 0 saturated carbocycles. The van der Waals surface area contributed by atoms with E-state index in [-0.39, 0.29) is 11.3 Å². The first-order valence-electron chi connectivity index (χ1n) is 10.7. The van der Waals surface area contributed by atoms with Gasteiger partial charge in [0.2, 0.25) is 0 Å². The zero-order valence-electron chi connectivity index (χ0n) is 18.4. The number of carbonyl (C=O) groups is 2. The van der Waals surface area contributed by atoms with Gasteiger partial charge in [-0.15, -0.1) is 0 Å². The topological polar surface area (TPSA) is 83.0 Å². The number of nitrogens with zero attached hydrogens (tertiary/aromatic N) is 3. The van der Waals surface area contributed by atoms with Gasteiger partial charge in [-0.2, -0.15) is 0 Å². The lowest BCUT2D eigenvalue weighted by Gasteiger charge is -2.28. The Morgan fingerprint density at radius 3 is 2.58 bits per heavy atom. The van der Waals surface area contributed by atoms with Crippen molar-refractivity contribution in [3.63, 3.8) is 0 Å². The molecule has 1 saturated heterocycles. The number of aliphatic hydroxyl groups excluding tert-OH is 1. The lowest BCUT2D eigenvalue weighted by Crippen LogP contribution is -2.30. The number of Topliss-reactive ketones (excluding diaryl/α,β-unsaturated/α-hetero) is 1. The van der Waals surface area contributed by atoms with Gasteiger partial charge in [-0.3, -0.25) is 19.5 Å². The van der Waals surface area contributed by atoms with E-state index in [0.29, 0.717) is 35.7 Å². The van der Waals surface area contributed by atoms with Crippen molar-refractivity contribution >= 4 is 28.8 Å². The van der Waals surface area contributed by atoms with E-state index in [4.69, 9.17) is 4.74 Å². The number of pyridine rings is 1. The van der Waals surface area contributed by atoms with Crippen LogP contribution in [-0.2, 0) is 9.59 Å². The van der Waals surface area contributed by atoms with Gasteiger partial charge < -0.3 is 14.7 Å². The largest absolute Gasteiger partial charge is 0.507 e. The molecule has 1 atom stereocenters. The number of rotatable bonds is 3. The molecule has 7 heteroatoms. The number of hydrogen-bond donors (Lipinski definition) is 1. The lowest BCUT2D eigenvalue weighted by atomic mass is 9.95. The highest BCUT2D eigenvalue weighted by Gasteiger charge is 2.47. The number of amides is 1. The number of hydrogen-bond acceptors (Lipinski definition) is 6. The lowest BCUT2D eigenvalue weighted by molar-refractivity contribution is -0.132. The van der Waals surface area contributed by atoms with Crippen molar-refractivity contribution in [2.45, 2.75) is 13.0 Å². The number of aromatic nitrogens is 1. The van der Waals surface area contributed by atoms with Crippen LogP contribution in [-0.4, -0.2) is 42.0 Å². The summed E-state index contributed by atoms with van der Waals surface area (Å²) in [7, 11) is 1.94. The average molecular weight is 441 g/mol. The van der Waals surface area contributed by atoms with Crippen molar-refractivity contribution in [2.24, 2.45) is 0 Å². The van der Waals surface area contributed by atoms with Crippen molar-refractivity contribution in [3.8, 4) is 5.75 Å².